The van der Waals surface area contributed by atoms with Gasteiger partial charge in [0.2, 0.25) is 0 Å². The first-order chi connectivity index (χ1) is 22.6. The van der Waals surface area contributed by atoms with Crippen molar-refractivity contribution in [2.75, 3.05) is 0 Å². The fourth-order valence-electron chi connectivity index (χ4n) is 5.74. The summed E-state index contributed by atoms with van der Waals surface area (Å²) in [5, 5.41) is 0. The van der Waals surface area contributed by atoms with E-state index in [-0.39, 0.29) is 11.6 Å². The number of hydrogen-bond acceptors (Lipinski definition) is 4. The Hall–Kier alpha value is -6.14. The molecule has 4 nitrogen and oxygen atoms in total. The Morgan fingerprint density at radius 3 is 1.07 bits per heavy atom. The number of fused-ring (bicyclic) bond motifs is 2. The molecule has 0 spiro atoms. The van der Waals surface area contributed by atoms with Crippen LogP contribution in [-0.2, 0) is 0 Å². The molecule has 0 atom stereocenters. The van der Waals surface area contributed by atoms with Crippen molar-refractivity contribution in [1.82, 2.24) is 19.9 Å². The van der Waals surface area contributed by atoms with Gasteiger partial charge >= 0.3 is 0 Å². The van der Waals surface area contributed by atoms with Crippen LogP contribution in [0.25, 0.3) is 78.2 Å². The summed E-state index contributed by atoms with van der Waals surface area (Å²) >= 11 is 0. The van der Waals surface area contributed by atoms with Crippen LogP contribution < -0.4 is 0 Å². The average Bonchev–Trinajstić information content (AvgIpc) is 3.11. The van der Waals surface area contributed by atoms with Gasteiger partial charge in [0, 0.05) is 22.3 Å². The third-order valence-corrected chi connectivity index (χ3v) is 7.95. The molecule has 6 heteroatoms. The molecule has 0 bridgehead atoms. The predicted octanol–water partition coefficient (Wildman–Crippen LogP) is 10.2. The normalized spacial score (nSPS) is 11.3. The fraction of sp³-hybridized carbons (Fsp3) is 0. The maximum Gasteiger partial charge on any atom is 0.123 e. The SMILES string of the molecule is Fc1cccc(-c2nc3cc(-c4ccc5nc(-c6ccccc6)c(-c6cccc(F)c6)nc5c4)ccc3nc2-c2ccccc2)c1. The first-order valence-electron chi connectivity index (χ1n) is 14.9. The molecule has 0 unspecified atom stereocenters. The highest BCUT2D eigenvalue weighted by atomic mass is 19.1. The molecule has 218 valence electrons. The minimum Gasteiger partial charge on any atom is -0.244 e. The van der Waals surface area contributed by atoms with Crippen molar-refractivity contribution < 1.29 is 8.78 Å². The van der Waals surface area contributed by atoms with Crippen molar-refractivity contribution in [1.29, 1.82) is 0 Å². The molecule has 6 aromatic carbocycles. The highest BCUT2D eigenvalue weighted by Gasteiger charge is 2.17. The first kappa shape index (κ1) is 27.4. The van der Waals surface area contributed by atoms with Crippen LogP contribution in [-0.4, -0.2) is 19.9 Å². The lowest BCUT2D eigenvalue weighted by Gasteiger charge is -2.13. The standard InChI is InChI=1S/C40H24F2N4/c41-31-15-7-13-29(21-31)39-37(25-9-3-1-4-10-25)43-33-19-17-27(23-35(33)45-39)28-18-20-34-36(24-28)46-40(30-14-8-16-32(42)22-30)38(44-34)26-11-5-2-6-12-26/h1-24H. The number of aromatic nitrogens is 4. The molecule has 0 aliphatic carbocycles. The molecular formula is C40H24F2N4. The Morgan fingerprint density at radius 2 is 0.652 bits per heavy atom. The number of nitrogens with zero attached hydrogens (tertiary/aromatic N) is 4. The summed E-state index contributed by atoms with van der Waals surface area (Å²) in [7, 11) is 0. The van der Waals surface area contributed by atoms with Gasteiger partial charge in [-0.15, -0.1) is 0 Å². The van der Waals surface area contributed by atoms with Crippen molar-refractivity contribution in [2.45, 2.75) is 0 Å². The summed E-state index contributed by atoms with van der Waals surface area (Å²) in [5.74, 6) is -0.671. The molecule has 0 aliphatic rings. The van der Waals surface area contributed by atoms with Gasteiger partial charge in [-0.05, 0) is 59.7 Å². The molecule has 0 amide bonds. The van der Waals surface area contributed by atoms with Crippen LogP contribution in [0, 0.1) is 11.6 Å². The number of benzene rings is 6. The van der Waals surface area contributed by atoms with E-state index in [9.17, 15) is 8.78 Å². The van der Waals surface area contributed by atoms with Crippen molar-refractivity contribution in [2.24, 2.45) is 0 Å². The van der Waals surface area contributed by atoms with Crippen LogP contribution in [0.4, 0.5) is 8.78 Å². The van der Waals surface area contributed by atoms with Gasteiger partial charge in [0.15, 0.2) is 0 Å². The lowest BCUT2D eigenvalue weighted by atomic mass is 10.0. The largest absolute Gasteiger partial charge is 0.244 e. The van der Waals surface area contributed by atoms with Crippen LogP contribution in [0.15, 0.2) is 146 Å². The Morgan fingerprint density at radius 1 is 0.283 bits per heavy atom. The molecule has 8 rings (SSSR count). The molecule has 2 aromatic heterocycles. The number of rotatable bonds is 5. The topological polar surface area (TPSA) is 51.6 Å². The summed E-state index contributed by atoms with van der Waals surface area (Å²) in [4.78, 5) is 20.0. The second-order valence-corrected chi connectivity index (χ2v) is 11.0. The fourth-order valence-corrected chi connectivity index (χ4v) is 5.74. The van der Waals surface area contributed by atoms with Crippen LogP contribution in [0.3, 0.4) is 0 Å². The van der Waals surface area contributed by atoms with E-state index in [0.717, 1.165) is 33.3 Å². The van der Waals surface area contributed by atoms with Gasteiger partial charge in [-0.25, -0.2) is 28.7 Å². The first-order valence-corrected chi connectivity index (χ1v) is 14.9. The van der Waals surface area contributed by atoms with E-state index in [4.69, 9.17) is 19.9 Å². The molecule has 46 heavy (non-hydrogen) atoms. The molecule has 8 aromatic rings. The Balaban J connectivity index is 1.28. The average molecular weight is 599 g/mol. The van der Waals surface area contributed by atoms with E-state index in [0.29, 0.717) is 44.9 Å². The zero-order chi connectivity index (χ0) is 31.0. The predicted molar refractivity (Wildman–Crippen MR) is 180 cm³/mol. The van der Waals surface area contributed by atoms with Crippen LogP contribution in [0.1, 0.15) is 0 Å². The highest BCUT2D eigenvalue weighted by Crippen LogP contribution is 2.35. The smallest absolute Gasteiger partial charge is 0.123 e. The lowest BCUT2D eigenvalue weighted by molar-refractivity contribution is 0.628. The number of hydrogen-bond donors (Lipinski definition) is 0. The number of halogens is 2. The molecule has 0 saturated heterocycles. The third-order valence-electron chi connectivity index (χ3n) is 7.95. The lowest BCUT2D eigenvalue weighted by Crippen LogP contribution is -1.97. The van der Waals surface area contributed by atoms with E-state index in [1.807, 2.05) is 109 Å². The van der Waals surface area contributed by atoms with Gasteiger partial charge in [0.25, 0.3) is 0 Å². The molecule has 0 radical (unpaired) electrons. The van der Waals surface area contributed by atoms with Gasteiger partial charge in [-0.2, -0.15) is 0 Å². The minimum absolute atomic E-state index is 0.336. The summed E-state index contributed by atoms with van der Waals surface area (Å²) < 4.78 is 28.6. The van der Waals surface area contributed by atoms with Crippen molar-refractivity contribution in [3.05, 3.63) is 157 Å². The second-order valence-electron chi connectivity index (χ2n) is 11.0. The highest BCUT2D eigenvalue weighted by molar-refractivity contribution is 5.92. The monoisotopic (exact) mass is 598 g/mol. The minimum atomic E-state index is -0.336. The van der Waals surface area contributed by atoms with Crippen LogP contribution in [0.2, 0.25) is 0 Å². The summed E-state index contributed by atoms with van der Waals surface area (Å²) in [6.45, 7) is 0. The van der Waals surface area contributed by atoms with Gasteiger partial charge in [0.05, 0.1) is 44.8 Å². The van der Waals surface area contributed by atoms with E-state index in [1.54, 1.807) is 12.1 Å². The van der Waals surface area contributed by atoms with Crippen LogP contribution >= 0.6 is 0 Å². The van der Waals surface area contributed by atoms with Gasteiger partial charge in [-0.1, -0.05) is 97.1 Å². The zero-order valence-corrected chi connectivity index (χ0v) is 24.4. The van der Waals surface area contributed by atoms with Gasteiger partial charge in [0.1, 0.15) is 11.6 Å². The maximum atomic E-state index is 14.3. The van der Waals surface area contributed by atoms with Crippen molar-refractivity contribution in [3.63, 3.8) is 0 Å². The summed E-state index contributed by atoms with van der Waals surface area (Å²) in [6, 6.07) is 44.3. The van der Waals surface area contributed by atoms with Crippen molar-refractivity contribution in [3.8, 4) is 56.2 Å². The second kappa shape index (κ2) is 11.4. The Bertz CT molecular complexity index is 2220. The third kappa shape index (κ3) is 5.16. The van der Waals surface area contributed by atoms with Gasteiger partial charge < -0.3 is 0 Å². The molecule has 0 saturated carbocycles. The van der Waals surface area contributed by atoms with E-state index in [2.05, 4.69) is 0 Å². The molecule has 0 N–H and O–H groups in total. The molecule has 0 fully saturated rings. The van der Waals surface area contributed by atoms with Gasteiger partial charge in [-0.3, -0.25) is 0 Å². The molecule has 0 aliphatic heterocycles. The molecule has 2 heterocycles. The van der Waals surface area contributed by atoms with E-state index < -0.39 is 0 Å². The van der Waals surface area contributed by atoms with Crippen molar-refractivity contribution >= 4 is 22.1 Å². The zero-order valence-electron chi connectivity index (χ0n) is 24.4. The van der Waals surface area contributed by atoms with Crippen LogP contribution in [0.5, 0.6) is 0 Å². The summed E-state index contributed by atoms with van der Waals surface area (Å²) in [5.41, 5.74) is 10.3. The molecular weight excluding hydrogens is 574 g/mol. The summed E-state index contributed by atoms with van der Waals surface area (Å²) in [6.07, 6.45) is 0. The van der Waals surface area contributed by atoms with E-state index in [1.165, 1.54) is 24.3 Å². The Kier molecular flexibility index (Phi) is 6.80. The van der Waals surface area contributed by atoms with E-state index >= 15 is 0 Å². The quantitative estimate of drug-likeness (QED) is 0.198. The maximum absolute atomic E-state index is 14.3. The Labute approximate surface area is 263 Å².